The van der Waals surface area contributed by atoms with Crippen molar-refractivity contribution in [1.82, 2.24) is 5.32 Å². The van der Waals surface area contributed by atoms with E-state index in [1.807, 2.05) is 6.92 Å². The number of ether oxygens (including phenoxy) is 4. The van der Waals surface area contributed by atoms with Crippen molar-refractivity contribution in [1.29, 1.82) is 0 Å². The minimum absolute atomic E-state index is 0.0683. The SMILES string of the molecule is CN[C@@H]1C(O)[C@@H](O[C@@H]2C(O)C(O[C@H]3OC([C@@H](C)N)CCC3N)[C@@H](N)C[C@H]2N)OC[C@]1(C)O. The van der Waals surface area contributed by atoms with E-state index in [9.17, 15) is 15.3 Å². The lowest BCUT2D eigenvalue weighted by Gasteiger charge is -2.48. The fourth-order valence-corrected chi connectivity index (χ4v) is 4.87. The van der Waals surface area contributed by atoms with Gasteiger partial charge in [0.2, 0.25) is 0 Å². The van der Waals surface area contributed by atoms with E-state index in [0.29, 0.717) is 12.8 Å². The molecule has 12 heteroatoms. The summed E-state index contributed by atoms with van der Waals surface area (Å²) in [5.74, 6) is 0. The van der Waals surface area contributed by atoms with Gasteiger partial charge in [-0.3, -0.25) is 0 Å². The highest BCUT2D eigenvalue weighted by Crippen LogP contribution is 2.31. The van der Waals surface area contributed by atoms with Crippen LogP contribution in [0.15, 0.2) is 0 Å². The Kier molecular flexibility index (Phi) is 8.51. The summed E-state index contributed by atoms with van der Waals surface area (Å²) < 4.78 is 23.4. The van der Waals surface area contributed by atoms with Gasteiger partial charge in [0.1, 0.15) is 30.0 Å². The van der Waals surface area contributed by atoms with Crippen molar-refractivity contribution in [3.63, 3.8) is 0 Å². The molecule has 2 saturated heterocycles. The van der Waals surface area contributed by atoms with Gasteiger partial charge in [0.15, 0.2) is 12.6 Å². The summed E-state index contributed by atoms with van der Waals surface area (Å²) in [5.41, 5.74) is 23.3. The maximum absolute atomic E-state index is 11.1. The molecule has 0 aromatic carbocycles. The number of nitrogens with one attached hydrogen (secondary N) is 1. The highest BCUT2D eigenvalue weighted by molar-refractivity contribution is 5.02. The summed E-state index contributed by atoms with van der Waals surface area (Å²) in [6.07, 6.45) is -4.58. The molecule has 0 aromatic rings. The molecule has 1 aliphatic carbocycles. The molecule has 32 heavy (non-hydrogen) atoms. The summed E-state index contributed by atoms with van der Waals surface area (Å²) in [6.45, 7) is 3.34. The molecule has 3 aliphatic rings. The standard InChI is InChI=1S/C20H41N5O7/c1-8(21)12-5-4-9(22)18(30-12)31-15-10(23)6-11(24)16(13(15)26)32-19-14(27)17(25-3)20(2,28)7-29-19/h8-19,25-28H,4-7,21-24H2,1-3H3/t8-,9?,10+,11-,12?,13?,14?,15?,16+,17-,18-,19-,20+/m1/s1. The molecule has 0 amide bonds. The first-order valence-electron chi connectivity index (χ1n) is 11.3. The lowest BCUT2D eigenvalue weighted by atomic mass is 9.84. The number of likely N-dealkylation sites (N-methyl/N-ethyl adjacent to an activating group) is 1. The van der Waals surface area contributed by atoms with Crippen LogP contribution in [0.4, 0.5) is 0 Å². The zero-order valence-corrected chi connectivity index (χ0v) is 19.0. The first-order valence-corrected chi connectivity index (χ1v) is 11.3. The van der Waals surface area contributed by atoms with Crippen molar-refractivity contribution in [3.8, 4) is 0 Å². The van der Waals surface area contributed by atoms with Gasteiger partial charge in [-0.15, -0.1) is 0 Å². The van der Waals surface area contributed by atoms with E-state index in [4.69, 9.17) is 41.9 Å². The van der Waals surface area contributed by atoms with Crippen LogP contribution in [0.1, 0.15) is 33.1 Å². The van der Waals surface area contributed by atoms with E-state index in [2.05, 4.69) is 5.32 Å². The summed E-state index contributed by atoms with van der Waals surface area (Å²) in [7, 11) is 1.62. The van der Waals surface area contributed by atoms with Crippen molar-refractivity contribution >= 4 is 0 Å². The Morgan fingerprint density at radius 1 is 1.00 bits per heavy atom. The monoisotopic (exact) mass is 463 g/mol. The average Bonchev–Trinajstić information content (AvgIpc) is 2.71. The summed E-state index contributed by atoms with van der Waals surface area (Å²) in [6, 6.07) is -2.47. The van der Waals surface area contributed by atoms with E-state index in [1.54, 1.807) is 14.0 Å². The van der Waals surface area contributed by atoms with Crippen molar-refractivity contribution in [2.45, 2.75) is 112 Å². The number of nitrogens with two attached hydrogens (primary N) is 4. The van der Waals surface area contributed by atoms with Gasteiger partial charge in [-0.05, 0) is 40.2 Å². The molecule has 188 valence electrons. The normalized spacial score (nSPS) is 51.4. The number of hydrogen-bond donors (Lipinski definition) is 8. The van der Waals surface area contributed by atoms with Crippen LogP contribution in [-0.4, -0.2) is 108 Å². The van der Waals surface area contributed by atoms with Gasteiger partial charge in [0.05, 0.1) is 24.8 Å². The third-order valence-corrected chi connectivity index (χ3v) is 6.81. The molecule has 3 rings (SSSR count). The van der Waals surface area contributed by atoms with Crippen molar-refractivity contribution < 1.29 is 34.3 Å². The predicted octanol–water partition coefficient (Wildman–Crippen LogP) is -3.59. The van der Waals surface area contributed by atoms with Crippen LogP contribution in [0.25, 0.3) is 0 Å². The number of rotatable bonds is 6. The fraction of sp³-hybridized carbons (Fsp3) is 1.00. The molecule has 1 saturated carbocycles. The zero-order chi connectivity index (χ0) is 23.8. The molecule has 3 fully saturated rings. The molecule has 0 bridgehead atoms. The molecule has 2 heterocycles. The fourth-order valence-electron chi connectivity index (χ4n) is 4.87. The molecule has 5 unspecified atom stereocenters. The number of hydrogen-bond acceptors (Lipinski definition) is 12. The van der Waals surface area contributed by atoms with Crippen LogP contribution < -0.4 is 28.3 Å². The summed E-state index contributed by atoms with van der Waals surface area (Å²) in [5, 5.41) is 35.0. The van der Waals surface area contributed by atoms with Gasteiger partial charge >= 0.3 is 0 Å². The van der Waals surface area contributed by atoms with Gasteiger partial charge in [0.25, 0.3) is 0 Å². The minimum atomic E-state index is -1.29. The Morgan fingerprint density at radius 2 is 1.59 bits per heavy atom. The van der Waals surface area contributed by atoms with Crippen LogP contribution >= 0.6 is 0 Å². The van der Waals surface area contributed by atoms with Gasteiger partial charge in [-0.2, -0.15) is 0 Å². The van der Waals surface area contributed by atoms with Crippen LogP contribution in [-0.2, 0) is 18.9 Å². The van der Waals surface area contributed by atoms with Gasteiger partial charge in [-0.1, -0.05) is 0 Å². The number of aliphatic hydroxyl groups is 3. The lowest BCUT2D eigenvalue weighted by Crippen LogP contribution is -2.68. The zero-order valence-electron chi connectivity index (χ0n) is 19.0. The van der Waals surface area contributed by atoms with Crippen molar-refractivity contribution in [2.24, 2.45) is 22.9 Å². The molecule has 12 nitrogen and oxygen atoms in total. The second kappa shape index (κ2) is 10.4. The molecule has 13 atom stereocenters. The predicted molar refractivity (Wildman–Crippen MR) is 115 cm³/mol. The van der Waals surface area contributed by atoms with E-state index in [0.717, 1.165) is 6.42 Å². The first kappa shape index (κ1) is 26.1. The van der Waals surface area contributed by atoms with Crippen LogP contribution in [0.3, 0.4) is 0 Å². The Balaban J connectivity index is 1.69. The smallest absolute Gasteiger partial charge is 0.185 e. The second-order valence-corrected chi connectivity index (χ2v) is 9.69. The molecule has 0 aromatic heterocycles. The molecule has 0 spiro atoms. The highest BCUT2D eigenvalue weighted by atomic mass is 16.7. The van der Waals surface area contributed by atoms with E-state index >= 15 is 0 Å². The maximum Gasteiger partial charge on any atom is 0.185 e. The van der Waals surface area contributed by atoms with Crippen LogP contribution in [0.5, 0.6) is 0 Å². The molecule has 2 aliphatic heterocycles. The topological polar surface area (TPSA) is 214 Å². The quantitative estimate of drug-likeness (QED) is 0.192. The Hall–Kier alpha value is -0.480. The third-order valence-electron chi connectivity index (χ3n) is 6.81. The highest BCUT2D eigenvalue weighted by Gasteiger charge is 2.50. The van der Waals surface area contributed by atoms with E-state index in [-0.39, 0.29) is 24.8 Å². The molecular formula is C20H41N5O7. The van der Waals surface area contributed by atoms with Crippen molar-refractivity contribution in [2.75, 3.05) is 13.7 Å². The third kappa shape index (κ3) is 5.43. The second-order valence-electron chi connectivity index (χ2n) is 9.69. The van der Waals surface area contributed by atoms with Crippen molar-refractivity contribution in [3.05, 3.63) is 0 Å². The van der Waals surface area contributed by atoms with Gasteiger partial charge in [0, 0.05) is 18.1 Å². The summed E-state index contributed by atoms with van der Waals surface area (Å²) >= 11 is 0. The lowest BCUT2D eigenvalue weighted by molar-refractivity contribution is -0.307. The minimum Gasteiger partial charge on any atom is -0.388 e. The summed E-state index contributed by atoms with van der Waals surface area (Å²) in [4.78, 5) is 0. The van der Waals surface area contributed by atoms with Crippen LogP contribution in [0.2, 0.25) is 0 Å². The molecule has 12 N–H and O–H groups in total. The van der Waals surface area contributed by atoms with Gasteiger partial charge < -0.3 is 62.5 Å². The maximum atomic E-state index is 11.1. The van der Waals surface area contributed by atoms with Crippen LogP contribution in [0, 0.1) is 0 Å². The Morgan fingerprint density at radius 3 is 2.16 bits per heavy atom. The Bertz CT molecular complexity index is 615. The largest absolute Gasteiger partial charge is 0.388 e. The Labute approximate surface area is 188 Å². The molecule has 0 radical (unpaired) electrons. The number of aliphatic hydroxyl groups excluding tert-OH is 2. The van der Waals surface area contributed by atoms with E-state index < -0.39 is 60.7 Å². The van der Waals surface area contributed by atoms with E-state index in [1.165, 1.54) is 0 Å². The molecular weight excluding hydrogens is 422 g/mol. The average molecular weight is 464 g/mol. The first-order chi connectivity index (χ1) is 15.0. The van der Waals surface area contributed by atoms with Gasteiger partial charge in [-0.25, -0.2) is 0 Å².